The first-order valence-corrected chi connectivity index (χ1v) is 6.41. The summed E-state index contributed by atoms with van der Waals surface area (Å²) in [6, 6.07) is 5.81. The van der Waals surface area contributed by atoms with Crippen molar-refractivity contribution in [3.63, 3.8) is 0 Å². The molecule has 1 fully saturated rings. The summed E-state index contributed by atoms with van der Waals surface area (Å²) in [5.74, 6) is 0.798. The Morgan fingerprint density at radius 3 is 2.82 bits per heavy atom. The third kappa shape index (κ3) is 3.35. The summed E-state index contributed by atoms with van der Waals surface area (Å²) in [5.41, 5.74) is 6.68. The third-order valence-electron chi connectivity index (χ3n) is 2.92. The van der Waals surface area contributed by atoms with E-state index in [4.69, 9.17) is 26.8 Å². The van der Waals surface area contributed by atoms with Crippen LogP contribution in [0.5, 0.6) is 5.75 Å². The summed E-state index contributed by atoms with van der Waals surface area (Å²) in [4.78, 5) is 0. The second kappa shape index (κ2) is 6.24. The molecule has 1 heterocycles. The minimum Gasteiger partial charge on any atom is -0.488 e. The molecule has 0 spiro atoms. The van der Waals surface area contributed by atoms with E-state index in [2.05, 4.69) is 0 Å². The van der Waals surface area contributed by atoms with E-state index in [-0.39, 0.29) is 6.10 Å². The lowest BCUT2D eigenvalue weighted by Crippen LogP contribution is -2.26. The molecule has 17 heavy (non-hydrogen) atoms. The van der Waals surface area contributed by atoms with Crippen molar-refractivity contribution in [1.82, 2.24) is 0 Å². The number of halogens is 1. The van der Waals surface area contributed by atoms with Crippen molar-refractivity contribution in [2.24, 2.45) is 5.73 Å². The van der Waals surface area contributed by atoms with Gasteiger partial charge in [0, 0.05) is 12.8 Å². The maximum atomic E-state index is 6.19. The number of benzene rings is 1. The summed E-state index contributed by atoms with van der Waals surface area (Å²) in [7, 11) is 0. The quantitative estimate of drug-likeness (QED) is 0.899. The standard InChI is InChI=1S/C13H18ClNO2/c14-12-3-1-2-10(4-7-15)13(12)17-11-5-8-16-9-6-11/h1-3,11H,4-9,15H2. The summed E-state index contributed by atoms with van der Waals surface area (Å²) in [6.07, 6.45) is 2.85. The predicted molar refractivity (Wildman–Crippen MR) is 68.7 cm³/mol. The Bertz CT molecular complexity index is 364. The molecule has 0 atom stereocenters. The lowest BCUT2D eigenvalue weighted by molar-refractivity contribution is 0.0252. The molecule has 0 saturated carbocycles. The Labute approximate surface area is 107 Å². The highest BCUT2D eigenvalue weighted by Crippen LogP contribution is 2.31. The van der Waals surface area contributed by atoms with E-state index in [0.29, 0.717) is 11.6 Å². The van der Waals surface area contributed by atoms with Gasteiger partial charge in [-0.15, -0.1) is 0 Å². The van der Waals surface area contributed by atoms with Crippen LogP contribution >= 0.6 is 11.6 Å². The molecule has 2 rings (SSSR count). The van der Waals surface area contributed by atoms with Crippen LogP contribution < -0.4 is 10.5 Å². The van der Waals surface area contributed by atoms with Crippen molar-refractivity contribution in [2.75, 3.05) is 19.8 Å². The Morgan fingerprint density at radius 1 is 1.35 bits per heavy atom. The monoisotopic (exact) mass is 255 g/mol. The van der Waals surface area contributed by atoms with Gasteiger partial charge in [0.15, 0.2) is 0 Å². The molecule has 0 aromatic heterocycles. The molecule has 4 heteroatoms. The van der Waals surface area contributed by atoms with Crippen LogP contribution in [0.2, 0.25) is 5.02 Å². The minimum atomic E-state index is 0.208. The van der Waals surface area contributed by atoms with E-state index in [0.717, 1.165) is 43.8 Å². The highest BCUT2D eigenvalue weighted by atomic mass is 35.5. The van der Waals surface area contributed by atoms with E-state index < -0.39 is 0 Å². The Kier molecular flexibility index (Phi) is 4.66. The second-order valence-electron chi connectivity index (χ2n) is 4.20. The van der Waals surface area contributed by atoms with Crippen LogP contribution in [0, 0.1) is 0 Å². The zero-order chi connectivity index (χ0) is 12.1. The van der Waals surface area contributed by atoms with Crippen molar-refractivity contribution in [3.8, 4) is 5.75 Å². The predicted octanol–water partition coefficient (Wildman–Crippen LogP) is 2.40. The Hall–Kier alpha value is -0.770. The molecule has 1 saturated heterocycles. The number of nitrogens with two attached hydrogens (primary N) is 1. The average molecular weight is 256 g/mol. The van der Waals surface area contributed by atoms with Crippen LogP contribution in [-0.2, 0) is 11.2 Å². The molecule has 94 valence electrons. The Morgan fingerprint density at radius 2 is 2.12 bits per heavy atom. The van der Waals surface area contributed by atoms with Crippen LogP contribution in [0.25, 0.3) is 0 Å². The lowest BCUT2D eigenvalue weighted by atomic mass is 10.1. The lowest BCUT2D eigenvalue weighted by Gasteiger charge is -2.25. The molecule has 0 radical (unpaired) electrons. The average Bonchev–Trinajstić information content (AvgIpc) is 2.35. The van der Waals surface area contributed by atoms with E-state index in [9.17, 15) is 0 Å². The first-order valence-electron chi connectivity index (χ1n) is 6.03. The molecular weight excluding hydrogens is 238 g/mol. The highest BCUT2D eigenvalue weighted by molar-refractivity contribution is 6.32. The highest BCUT2D eigenvalue weighted by Gasteiger charge is 2.18. The third-order valence-corrected chi connectivity index (χ3v) is 3.21. The summed E-state index contributed by atoms with van der Waals surface area (Å²) >= 11 is 6.19. The van der Waals surface area contributed by atoms with Gasteiger partial charge in [0.05, 0.1) is 18.2 Å². The number of hydrogen-bond donors (Lipinski definition) is 1. The number of ether oxygens (including phenoxy) is 2. The van der Waals surface area contributed by atoms with Gasteiger partial charge in [-0.1, -0.05) is 23.7 Å². The minimum absolute atomic E-state index is 0.208. The van der Waals surface area contributed by atoms with Gasteiger partial charge < -0.3 is 15.2 Å². The molecule has 1 aliphatic heterocycles. The van der Waals surface area contributed by atoms with Crippen molar-refractivity contribution >= 4 is 11.6 Å². The van der Waals surface area contributed by atoms with Gasteiger partial charge in [-0.25, -0.2) is 0 Å². The van der Waals surface area contributed by atoms with Gasteiger partial charge in [-0.2, -0.15) is 0 Å². The van der Waals surface area contributed by atoms with Crippen molar-refractivity contribution in [3.05, 3.63) is 28.8 Å². The zero-order valence-corrected chi connectivity index (χ0v) is 10.6. The topological polar surface area (TPSA) is 44.5 Å². The largest absolute Gasteiger partial charge is 0.488 e. The van der Waals surface area contributed by atoms with Crippen molar-refractivity contribution < 1.29 is 9.47 Å². The number of hydrogen-bond acceptors (Lipinski definition) is 3. The molecule has 3 nitrogen and oxygen atoms in total. The van der Waals surface area contributed by atoms with Crippen LogP contribution in [0.15, 0.2) is 18.2 Å². The molecular formula is C13H18ClNO2. The molecule has 0 bridgehead atoms. The molecule has 1 aliphatic rings. The van der Waals surface area contributed by atoms with Gasteiger partial charge in [-0.05, 0) is 24.6 Å². The normalized spacial score (nSPS) is 17.1. The molecule has 0 amide bonds. The first kappa shape index (κ1) is 12.7. The van der Waals surface area contributed by atoms with E-state index >= 15 is 0 Å². The maximum Gasteiger partial charge on any atom is 0.141 e. The van der Waals surface area contributed by atoms with Crippen LogP contribution in [0.3, 0.4) is 0 Å². The molecule has 2 N–H and O–H groups in total. The summed E-state index contributed by atoms with van der Waals surface area (Å²) < 4.78 is 11.3. The van der Waals surface area contributed by atoms with Gasteiger partial charge in [-0.3, -0.25) is 0 Å². The fourth-order valence-corrected chi connectivity index (χ4v) is 2.24. The van der Waals surface area contributed by atoms with Gasteiger partial charge in [0.2, 0.25) is 0 Å². The van der Waals surface area contributed by atoms with E-state index in [1.54, 1.807) is 0 Å². The van der Waals surface area contributed by atoms with Crippen LogP contribution in [0.4, 0.5) is 0 Å². The first-order chi connectivity index (χ1) is 8.31. The van der Waals surface area contributed by atoms with Gasteiger partial charge >= 0.3 is 0 Å². The molecule has 0 aliphatic carbocycles. The van der Waals surface area contributed by atoms with E-state index in [1.165, 1.54) is 0 Å². The molecule has 1 aromatic carbocycles. The number of para-hydroxylation sites is 1. The van der Waals surface area contributed by atoms with Crippen molar-refractivity contribution in [1.29, 1.82) is 0 Å². The maximum absolute atomic E-state index is 6.19. The van der Waals surface area contributed by atoms with Crippen LogP contribution in [0.1, 0.15) is 18.4 Å². The fraction of sp³-hybridized carbons (Fsp3) is 0.538. The summed E-state index contributed by atoms with van der Waals surface area (Å²) in [6.45, 7) is 2.13. The molecule has 1 aromatic rings. The number of rotatable bonds is 4. The zero-order valence-electron chi connectivity index (χ0n) is 9.82. The smallest absolute Gasteiger partial charge is 0.141 e. The van der Waals surface area contributed by atoms with Gasteiger partial charge in [0.1, 0.15) is 11.9 Å². The second-order valence-corrected chi connectivity index (χ2v) is 4.60. The Balaban J connectivity index is 2.12. The van der Waals surface area contributed by atoms with Crippen molar-refractivity contribution in [2.45, 2.75) is 25.4 Å². The summed E-state index contributed by atoms with van der Waals surface area (Å²) in [5, 5.41) is 0.669. The SMILES string of the molecule is NCCc1cccc(Cl)c1OC1CCOCC1. The fourth-order valence-electron chi connectivity index (χ4n) is 2.00. The van der Waals surface area contributed by atoms with Crippen LogP contribution in [-0.4, -0.2) is 25.9 Å². The van der Waals surface area contributed by atoms with E-state index in [1.807, 2.05) is 18.2 Å². The molecule has 0 unspecified atom stereocenters. The van der Waals surface area contributed by atoms with Gasteiger partial charge in [0.25, 0.3) is 0 Å².